The number of hydrogen-bond acceptors (Lipinski definition) is 10. The molecular weight excluding hydrogens is 520 g/mol. The minimum absolute atomic E-state index is 0.104. The molecule has 0 amide bonds. The SMILES string of the molecule is COC(=O)c1cc(OC(C)=O)c2c(OC)c(-c3ccc4cc(C(=O)OC)cc(OC(C)=O)c4c3OC)ccc2c1. The Balaban J connectivity index is 2.07. The molecule has 40 heavy (non-hydrogen) atoms. The number of ether oxygens (including phenoxy) is 6. The molecule has 4 aromatic carbocycles. The van der Waals surface area contributed by atoms with Crippen LogP contribution in [0.5, 0.6) is 23.0 Å². The molecule has 4 rings (SSSR count). The molecular formula is C30H26O10. The maximum Gasteiger partial charge on any atom is 0.338 e. The number of hydrogen-bond donors (Lipinski definition) is 0. The van der Waals surface area contributed by atoms with Gasteiger partial charge in [0.25, 0.3) is 0 Å². The summed E-state index contributed by atoms with van der Waals surface area (Å²) in [5.74, 6) is -1.50. The van der Waals surface area contributed by atoms with Crippen molar-refractivity contribution in [3.63, 3.8) is 0 Å². The maximum absolute atomic E-state index is 12.3. The van der Waals surface area contributed by atoms with Crippen molar-refractivity contribution in [3.8, 4) is 34.1 Å². The Morgan fingerprint density at radius 3 is 1.23 bits per heavy atom. The third kappa shape index (κ3) is 5.11. The molecule has 0 aliphatic heterocycles. The number of carbonyl (C=O) groups is 4. The normalized spacial score (nSPS) is 10.7. The lowest BCUT2D eigenvalue weighted by atomic mass is 9.94. The fourth-order valence-corrected chi connectivity index (χ4v) is 4.58. The molecule has 206 valence electrons. The van der Waals surface area contributed by atoms with Crippen molar-refractivity contribution >= 4 is 45.4 Å². The van der Waals surface area contributed by atoms with Crippen LogP contribution in [0.15, 0.2) is 48.5 Å². The van der Waals surface area contributed by atoms with Crippen molar-refractivity contribution < 1.29 is 47.6 Å². The second-order valence-electron chi connectivity index (χ2n) is 8.61. The summed E-state index contributed by atoms with van der Waals surface area (Å²) in [7, 11) is 5.44. The monoisotopic (exact) mass is 546 g/mol. The predicted molar refractivity (Wildman–Crippen MR) is 145 cm³/mol. The van der Waals surface area contributed by atoms with E-state index in [9.17, 15) is 19.2 Å². The van der Waals surface area contributed by atoms with Gasteiger partial charge in [0.15, 0.2) is 0 Å². The highest BCUT2D eigenvalue weighted by molar-refractivity contribution is 6.08. The van der Waals surface area contributed by atoms with Crippen molar-refractivity contribution in [2.45, 2.75) is 13.8 Å². The van der Waals surface area contributed by atoms with Gasteiger partial charge >= 0.3 is 23.9 Å². The van der Waals surface area contributed by atoms with Crippen LogP contribution in [0.3, 0.4) is 0 Å². The number of esters is 4. The molecule has 0 N–H and O–H groups in total. The number of carbonyl (C=O) groups excluding carboxylic acids is 4. The van der Waals surface area contributed by atoms with Crippen LogP contribution in [-0.4, -0.2) is 52.3 Å². The van der Waals surface area contributed by atoms with E-state index in [1.54, 1.807) is 36.4 Å². The molecule has 4 aromatic rings. The molecule has 10 heteroatoms. The molecule has 0 saturated heterocycles. The molecule has 0 heterocycles. The zero-order chi connectivity index (χ0) is 29.1. The van der Waals surface area contributed by atoms with Crippen LogP contribution in [0, 0.1) is 0 Å². The van der Waals surface area contributed by atoms with Crippen molar-refractivity contribution in [2.24, 2.45) is 0 Å². The Morgan fingerprint density at radius 2 is 0.925 bits per heavy atom. The van der Waals surface area contributed by atoms with Gasteiger partial charge in [-0.3, -0.25) is 9.59 Å². The maximum atomic E-state index is 12.3. The minimum Gasteiger partial charge on any atom is -0.495 e. The van der Waals surface area contributed by atoms with Crippen molar-refractivity contribution in [1.29, 1.82) is 0 Å². The van der Waals surface area contributed by atoms with E-state index in [-0.39, 0.29) is 22.6 Å². The first kappa shape index (κ1) is 27.9. The molecule has 10 nitrogen and oxygen atoms in total. The summed E-state index contributed by atoms with van der Waals surface area (Å²) >= 11 is 0. The van der Waals surface area contributed by atoms with Crippen LogP contribution in [0.1, 0.15) is 34.6 Å². The molecule has 0 spiro atoms. The molecule has 0 saturated carbocycles. The summed E-state index contributed by atoms with van der Waals surface area (Å²) in [4.78, 5) is 48.4. The van der Waals surface area contributed by atoms with Gasteiger partial charge in [-0.15, -0.1) is 0 Å². The lowest BCUT2D eigenvalue weighted by Crippen LogP contribution is -2.07. The van der Waals surface area contributed by atoms with Crippen LogP contribution in [-0.2, 0) is 19.1 Å². The Bertz CT molecular complexity index is 1560. The van der Waals surface area contributed by atoms with Crippen molar-refractivity contribution in [3.05, 3.63) is 59.7 Å². The molecule has 0 bridgehead atoms. The third-order valence-corrected chi connectivity index (χ3v) is 6.12. The van der Waals surface area contributed by atoms with Crippen LogP contribution in [0.2, 0.25) is 0 Å². The third-order valence-electron chi connectivity index (χ3n) is 6.12. The van der Waals surface area contributed by atoms with E-state index in [2.05, 4.69) is 0 Å². The summed E-state index contributed by atoms with van der Waals surface area (Å²) in [6, 6.07) is 13.0. The highest BCUT2D eigenvalue weighted by atomic mass is 16.5. The van der Waals surface area contributed by atoms with Gasteiger partial charge in [0, 0.05) is 25.0 Å². The van der Waals surface area contributed by atoms with Gasteiger partial charge in [-0.1, -0.05) is 12.1 Å². The molecule has 0 unspecified atom stereocenters. The fourth-order valence-electron chi connectivity index (χ4n) is 4.58. The first-order valence-electron chi connectivity index (χ1n) is 12.0. The number of methoxy groups -OCH3 is 4. The lowest BCUT2D eigenvalue weighted by Gasteiger charge is -2.19. The van der Waals surface area contributed by atoms with Gasteiger partial charge in [0.2, 0.25) is 0 Å². The van der Waals surface area contributed by atoms with Gasteiger partial charge in [0.1, 0.15) is 23.0 Å². The molecule has 0 aliphatic carbocycles. The van der Waals surface area contributed by atoms with Gasteiger partial charge < -0.3 is 28.4 Å². The summed E-state index contributed by atoms with van der Waals surface area (Å²) in [5.41, 5.74) is 1.49. The van der Waals surface area contributed by atoms with Gasteiger partial charge in [-0.25, -0.2) is 9.59 Å². The van der Waals surface area contributed by atoms with E-state index in [0.29, 0.717) is 44.2 Å². The van der Waals surface area contributed by atoms with E-state index >= 15 is 0 Å². The summed E-state index contributed by atoms with van der Waals surface area (Å²) in [5, 5.41) is 1.99. The Hall–Kier alpha value is -5.12. The van der Waals surface area contributed by atoms with Crippen LogP contribution in [0.4, 0.5) is 0 Å². The topological polar surface area (TPSA) is 124 Å². The molecule has 0 fully saturated rings. The molecule has 0 radical (unpaired) electrons. The Labute approximate surface area is 229 Å². The molecule has 0 aliphatic rings. The first-order chi connectivity index (χ1) is 19.1. The zero-order valence-corrected chi connectivity index (χ0v) is 22.7. The first-order valence-corrected chi connectivity index (χ1v) is 12.0. The standard InChI is InChI=1S/C30H26O10/c1-15(31)39-23-13-19(29(33)37-5)11-17-7-9-21(27(35-3)25(17)23)22-10-8-18-12-20(30(34)38-6)14-24(40-16(2)32)26(18)28(22)36-4/h7-14H,1-6H3. The van der Waals surface area contributed by atoms with E-state index in [1.807, 2.05) is 0 Å². The molecule has 0 atom stereocenters. The number of rotatable bonds is 7. The second kappa shape index (κ2) is 11.3. The number of fused-ring (bicyclic) bond motifs is 2. The van der Waals surface area contributed by atoms with E-state index in [4.69, 9.17) is 28.4 Å². The average Bonchev–Trinajstić information content (AvgIpc) is 2.94. The van der Waals surface area contributed by atoms with E-state index in [1.165, 1.54) is 54.4 Å². The fraction of sp³-hybridized carbons (Fsp3) is 0.200. The van der Waals surface area contributed by atoms with Crippen molar-refractivity contribution in [2.75, 3.05) is 28.4 Å². The van der Waals surface area contributed by atoms with E-state index in [0.717, 1.165) is 0 Å². The smallest absolute Gasteiger partial charge is 0.338 e. The average molecular weight is 547 g/mol. The Kier molecular flexibility index (Phi) is 7.90. The quantitative estimate of drug-likeness (QED) is 0.228. The zero-order valence-electron chi connectivity index (χ0n) is 22.7. The van der Waals surface area contributed by atoms with Crippen LogP contribution in [0.25, 0.3) is 32.7 Å². The summed E-state index contributed by atoms with van der Waals surface area (Å²) in [6.07, 6.45) is 0. The predicted octanol–water partition coefficient (Wildman–Crippen LogP) is 5.10. The Morgan fingerprint density at radius 1 is 0.550 bits per heavy atom. The molecule has 0 aromatic heterocycles. The van der Waals surface area contributed by atoms with Crippen LogP contribution >= 0.6 is 0 Å². The summed E-state index contributed by atoms with van der Waals surface area (Å²) < 4.78 is 32.3. The number of benzene rings is 4. The largest absolute Gasteiger partial charge is 0.495 e. The second-order valence-corrected chi connectivity index (χ2v) is 8.61. The van der Waals surface area contributed by atoms with Gasteiger partial charge in [-0.2, -0.15) is 0 Å². The highest BCUT2D eigenvalue weighted by Crippen LogP contribution is 2.48. The van der Waals surface area contributed by atoms with Gasteiger partial charge in [0.05, 0.1) is 50.3 Å². The van der Waals surface area contributed by atoms with Gasteiger partial charge in [-0.05, 0) is 47.2 Å². The van der Waals surface area contributed by atoms with E-state index < -0.39 is 23.9 Å². The summed E-state index contributed by atoms with van der Waals surface area (Å²) in [6.45, 7) is 2.50. The minimum atomic E-state index is -0.598. The highest BCUT2D eigenvalue weighted by Gasteiger charge is 2.24. The van der Waals surface area contributed by atoms with Crippen molar-refractivity contribution in [1.82, 2.24) is 0 Å². The lowest BCUT2D eigenvalue weighted by molar-refractivity contribution is -0.132. The van der Waals surface area contributed by atoms with Crippen LogP contribution < -0.4 is 18.9 Å².